The van der Waals surface area contributed by atoms with Gasteiger partial charge < -0.3 is 10.1 Å². The van der Waals surface area contributed by atoms with E-state index >= 15 is 0 Å². The van der Waals surface area contributed by atoms with Crippen molar-refractivity contribution in [2.24, 2.45) is 0 Å². The molecule has 0 aliphatic carbocycles. The van der Waals surface area contributed by atoms with E-state index in [1.807, 2.05) is 44.2 Å². The first-order valence-electron chi connectivity index (χ1n) is 7.13. The Bertz CT molecular complexity index is 501. The van der Waals surface area contributed by atoms with Crippen LogP contribution in [0.5, 0.6) is 0 Å². The van der Waals surface area contributed by atoms with Gasteiger partial charge in [-0.2, -0.15) is 0 Å². The smallest absolute Gasteiger partial charge is 0.328 e. The molecule has 1 amide bonds. The fraction of sp³-hybridized carbons (Fsp3) is 0.529. The van der Waals surface area contributed by atoms with Gasteiger partial charge in [-0.25, -0.2) is 4.79 Å². The standard InChI is InChI=1S/C17H25NO3/c1-12(14(19)21-16(2,3)4)18-15(20)17(5,6)13-10-8-7-9-11-13/h7-12H,1-6H3,(H,18,20)/t12-/m1/s1. The summed E-state index contributed by atoms with van der Waals surface area (Å²) in [5, 5.41) is 2.73. The largest absolute Gasteiger partial charge is 0.458 e. The molecule has 1 rings (SSSR count). The summed E-state index contributed by atoms with van der Waals surface area (Å²) in [5.41, 5.74) is -0.373. The van der Waals surface area contributed by atoms with Crippen molar-refractivity contribution in [3.8, 4) is 0 Å². The molecule has 0 aromatic heterocycles. The zero-order valence-corrected chi connectivity index (χ0v) is 13.7. The zero-order chi connectivity index (χ0) is 16.3. The number of benzene rings is 1. The molecule has 0 heterocycles. The lowest BCUT2D eigenvalue weighted by molar-refractivity contribution is -0.158. The van der Waals surface area contributed by atoms with Gasteiger partial charge in [0.2, 0.25) is 5.91 Å². The lowest BCUT2D eigenvalue weighted by Gasteiger charge is -2.27. The first-order chi connectivity index (χ1) is 9.54. The van der Waals surface area contributed by atoms with Crippen LogP contribution >= 0.6 is 0 Å². The first kappa shape index (κ1) is 17.2. The predicted octanol–water partition coefficient (Wildman–Crippen LogP) is 2.81. The molecular weight excluding hydrogens is 266 g/mol. The molecule has 0 aliphatic rings. The van der Waals surface area contributed by atoms with Crippen LogP contribution in [-0.2, 0) is 19.7 Å². The summed E-state index contributed by atoms with van der Waals surface area (Å²) in [5.74, 6) is -0.633. The molecule has 116 valence electrons. The normalized spacial score (nSPS) is 13.4. The quantitative estimate of drug-likeness (QED) is 0.868. The summed E-state index contributed by atoms with van der Waals surface area (Å²) in [6.45, 7) is 10.7. The Kier molecular flexibility index (Phi) is 5.15. The highest BCUT2D eigenvalue weighted by Gasteiger charge is 2.32. The molecule has 1 aromatic rings. The Balaban J connectivity index is 2.74. The van der Waals surface area contributed by atoms with Gasteiger partial charge in [-0.15, -0.1) is 0 Å². The Morgan fingerprint density at radius 1 is 1.05 bits per heavy atom. The minimum absolute atomic E-state index is 0.202. The molecule has 4 heteroatoms. The van der Waals surface area contributed by atoms with Gasteiger partial charge in [-0.05, 0) is 47.1 Å². The van der Waals surface area contributed by atoms with E-state index in [2.05, 4.69) is 5.32 Å². The predicted molar refractivity (Wildman–Crippen MR) is 82.9 cm³/mol. The van der Waals surface area contributed by atoms with Crippen molar-refractivity contribution >= 4 is 11.9 Å². The van der Waals surface area contributed by atoms with Crippen LogP contribution in [0, 0.1) is 0 Å². The maximum absolute atomic E-state index is 12.4. The van der Waals surface area contributed by atoms with Gasteiger partial charge >= 0.3 is 5.97 Å². The zero-order valence-electron chi connectivity index (χ0n) is 13.7. The fourth-order valence-electron chi connectivity index (χ4n) is 1.81. The highest BCUT2D eigenvalue weighted by atomic mass is 16.6. The molecule has 0 fully saturated rings. The van der Waals surface area contributed by atoms with Crippen molar-refractivity contribution in [3.63, 3.8) is 0 Å². The van der Waals surface area contributed by atoms with E-state index in [1.165, 1.54) is 0 Å². The summed E-state index contributed by atoms with van der Waals surface area (Å²) >= 11 is 0. The van der Waals surface area contributed by atoms with Crippen molar-refractivity contribution in [1.29, 1.82) is 0 Å². The van der Waals surface area contributed by atoms with Crippen LogP contribution < -0.4 is 5.32 Å². The molecule has 1 aromatic carbocycles. The van der Waals surface area contributed by atoms with Crippen molar-refractivity contribution in [1.82, 2.24) is 5.32 Å². The summed E-state index contributed by atoms with van der Waals surface area (Å²) in [4.78, 5) is 24.3. The average molecular weight is 291 g/mol. The molecule has 0 saturated heterocycles. The number of carbonyl (C=O) groups excluding carboxylic acids is 2. The third-order valence-corrected chi connectivity index (χ3v) is 3.17. The van der Waals surface area contributed by atoms with E-state index in [-0.39, 0.29) is 5.91 Å². The second-order valence-corrected chi connectivity index (χ2v) is 6.72. The molecule has 1 atom stereocenters. The van der Waals surface area contributed by atoms with Crippen LogP contribution in [0.3, 0.4) is 0 Å². The van der Waals surface area contributed by atoms with Gasteiger partial charge in [-0.3, -0.25) is 4.79 Å². The third kappa shape index (κ3) is 4.88. The number of carbonyl (C=O) groups is 2. The van der Waals surface area contributed by atoms with Gasteiger partial charge in [0.05, 0.1) is 5.41 Å². The first-order valence-corrected chi connectivity index (χ1v) is 7.13. The maximum atomic E-state index is 12.4. The van der Waals surface area contributed by atoms with E-state index in [1.54, 1.807) is 27.7 Å². The van der Waals surface area contributed by atoms with E-state index in [0.717, 1.165) is 5.56 Å². The van der Waals surface area contributed by atoms with E-state index in [4.69, 9.17) is 4.74 Å². The molecule has 4 nitrogen and oxygen atoms in total. The Hall–Kier alpha value is -1.84. The fourth-order valence-corrected chi connectivity index (χ4v) is 1.81. The van der Waals surface area contributed by atoms with Gasteiger partial charge in [0.1, 0.15) is 11.6 Å². The number of rotatable bonds is 4. The minimum Gasteiger partial charge on any atom is -0.458 e. The number of hydrogen-bond donors (Lipinski definition) is 1. The molecule has 0 spiro atoms. The highest BCUT2D eigenvalue weighted by Crippen LogP contribution is 2.23. The number of amides is 1. The molecule has 0 unspecified atom stereocenters. The van der Waals surface area contributed by atoms with Crippen LogP contribution in [0.2, 0.25) is 0 Å². The van der Waals surface area contributed by atoms with E-state index in [0.29, 0.717) is 0 Å². The second-order valence-electron chi connectivity index (χ2n) is 6.72. The second kappa shape index (κ2) is 6.29. The molecule has 0 aliphatic heterocycles. The summed E-state index contributed by atoms with van der Waals surface area (Å²) in [6.07, 6.45) is 0. The number of nitrogens with one attached hydrogen (secondary N) is 1. The SMILES string of the molecule is C[C@@H](NC(=O)C(C)(C)c1ccccc1)C(=O)OC(C)(C)C. The lowest BCUT2D eigenvalue weighted by Crippen LogP contribution is -2.48. The van der Waals surface area contributed by atoms with Crippen molar-refractivity contribution in [2.45, 2.75) is 58.6 Å². The molecule has 0 bridgehead atoms. The highest BCUT2D eigenvalue weighted by molar-refractivity contribution is 5.91. The molecular formula is C17H25NO3. The monoisotopic (exact) mass is 291 g/mol. The Morgan fingerprint density at radius 2 is 1.57 bits per heavy atom. The van der Waals surface area contributed by atoms with Crippen LogP contribution in [0.25, 0.3) is 0 Å². The van der Waals surface area contributed by atoms with Crippen LogP contribution in [-0.4, -0.2) is 23.5 Å². The minimum atomic E-state index is -0.711. The average Bonchev–Trinajstić information content (AvgIpc) is 2.37. The van der Waals surface area contributed by atoms with Gasteiger partial charge in [0.25, 0.3) is 0 Å². The van der Waals surface area contributed by atoms with Crippen molar-refractivity contribution < 1.29 is 14.3 Å². The Morgan fingerprint density at radius 3 is 2.05 bits per heavy atom. The lowest BCUT2D eigenvalue weighted by atomic mass is 9.83. The van der Waals surface area contributed by atoms with Crippen molar-refractivity contribution in [2.75, 3.05) is 0 Å². The number of ether oxygens (including phenoxy) is 1. The van der Waals surface area contributed by atoms with Gasteiger partial charge in [0.15, 0.2) is 0 Å². The maximum Gasteiger partial charge on any atom is 0.328 e. The molecule has 0 saturated carbocycles. The topological polar surface area (TPSA) is 55.4 Å². The van der Waals surface area contributed by atoms with Gasteiger partial charge in [-0.1, -0.05) is 30.3 Å². The van der Waals surface area contributed by atoms with Crippen LogP contribution in [0.4, 0.5) is 0 Å². The van der Waals surface area contributed by atoms with Gasteiger partial charge in [0, 0.05) is 0 Å². The Labute approximate surface area is 126 Å². The van der Waals surface area contributed by atoms with Crippen LogP contribution in [0.1, 0.15) is 47.1 Å². The summed E-state index contributed by atoms with van der Waals surface area (Å²) in [6, 6.07) is 8.80. The molecule has 0 radical (unpaired) electrons. The summed E-state index contributed by atoms with van der Waals surface area (Å²) < 4.78 is 5.27. The summed E-state index contributed by atoms with van der Waals surface area (Å²) in [7, 11) is 0. The molecule has 21 heavy (non-hydrogen) atoms. The van der Waals surface area contributed by atoms with E-state index < -0.39 is 23.0 Å². The van der Waals surface area contributed by atoms with Crippen LogP contribution in [0.15, 0.2) is 30.3 Å². The van der Waals surface area contributed by atoms with E-state index in [9.17, 15) is 9.59 Å². The third-order valence-electron chi connectivity index (χ3n) is 3.17. The van der Waals surface area contributed by atoms with Crippen molar-refractivity contribution in [3.05, 3.63) is 35.9 Å². The molecule has 1 N–H and O–H groups in total. The number of esters is 1. The number of hydrogen-bond acceptors (Lipinski definition) is 3.